The highest BCUT2D eigenvalue weighted by molar-refractivity contribution is 8.77. The topological polar surface area (TPSA) is 29.1 Å². The van der Waals surface area contributed by atoms with Crippen LogP contribution in [0.2, 0.25) is 0 Å². The van der Waals surface area contributed by atoms with Crippen LogP contribution in [0.25, 0.3) is 0 Å². The SMILES string of the molecule is O=C(CCCCC1CCSS1)NCc1ccc(F)cc1C(F)(F)F. The van der Waals surface area contributed by atoms with Crippen LogP contribution < -0.4 is 5.32 Å². The van der Waals surface area contributed by atoms with E-state index in [1.807, 2.05) is 21.6 Å². The molecule has 0 spiro atoms. The summed E-state index contributed by atoms with van der Waals surface area (Å²) in [5, 5.41) is 3.15. The summed E-state index contributed by atoms with van der Waals surface area (Å²) in [7, 11) is 3.77. The average Bonchev–Trinajstić information content (AvgIpc) is 3.03. The van der Waals surface area contributed by atoms with Crippen LogP contribution in [0, 0.1) is 5.82 Å². The molecule has 1 unspecified atom stereocenters. The molecule has 1 aliphatic rings. The first-order valence-corrected chi connectivity index (χ1v) is 10.1. The Hall–Kier alpha value is -0.890. The maximum atomic E-state index is 13.0. The van der Waals surface area contributed by atoms with Crippen LogP contribution in [0.4, 0.5) is 17.6 Å². The minimum absolute atomic E-state index is 0.128. The zero-order valence-corrected chi connectivity index (χ0v) is 14.6. The number of carbonyl (C=O) groups is 1. The lowest BCUT2D eigenvalue weighted by atomic mass is 10.1. The molecule has 0 radical (unpaired) electrons. The zero-order chi connectivity index (χ0) is 17.6. The number of halogens is 4. The van der Waals surface area contributed by atoms with Gasteiger partial charge in [-0.05, 0) is 37.0 Å². The molecule has 1 fully saturated rings. The van der Waals surface area contributed by atoms with Gasteiger partial charge in [0.05, 0.1) is 5.56 Å². The first-order chi connectivity index (χ1) is 11.4. The summed E-state index contributed by atoms with van der Waals surface area (Å²) in [6, 6.07) is 2.49. The van der Waals surface area contributed by atoms with Crippen molar-refractivity contribution in [2.24, 2.45) is 0 Å². The predicted octanol–water partition coefficient (Wildman–Crippen LogP) is 5.17. The van der Waals surface area contributed by atoms with Crippen molar-refractivity contribution in [3.63, 3.8) is 0 Å². The Morgan fingerprint density at radius 2 is 2.08 bits per heavy atom. The third-order valence-corrected chi connectivity index (χ3v) is 6.77. The minimum Gasteiger partial charge on any atom is -0.352 e. The van der Waals surface area contributed by atoms with Gasteiger partial charge >= 0.3 is 6.18 Å². The van der Waals surface area contributed by atoms with Gasteiger partial charge in [-0.3, -0.25) is 4.79 Å². The summed E-state index contributed by atoms with van der Waals surface area (Å²) in [4.78, 5) is 11.8. The van der Waals surface area contributed by atoms with Gasteiger partial charge < -0.3 is 5.32 Å². The standard InChI is InChI=1S/C16H19F4NOS2/c17-12-6-5-11(14(9-12)16(18,19)20)10-21-15(22)4-2-1-3-13-7-8-23-24-13/h5-6,9,13H,1-4,7-8,10H2,(H,21,22). The van der Waals surface area contributed by atoms with Crippen LogP contribution in [-0.2, 0) is 17.5 Å². The Morgan fingerprint density at radius 1 is 1.29 bits per heavy atom. The first-order valence-electron chi connectivity index (χ1n) is 7.77. The number of hydrogen-bond acceptors (Lipinski definition) is 3. The molecule has 24 heavy (non-hydrogen) atoms. The van der Waals surface area contributed by atoms with E-state index in [-0.39, 0.29) is 18.0 Å². The largest absolute Gasteiger partial charge is 0.416 e. The number of hydrogen-bond donors (Lipinski definition) is 1. The molecule has 134 valence electrons. The van der Waals surface area contributed by atoms with E-state index in [0.29, 0.717) is 17.7 Å². The van der Waals surface area contributed by atoms with Gasteiger partial charge in [0.2, 0.25) is 5.91 Å². The quantitative estimate of drug-likeness (QED) is 0.401. The van der Waals surface area contributed by atoms with Gasteiger partial charge in [0.15, 0.2) is 0 Å². The van der Waals surface area contributed by atoms with E-state index >= 15 is 0 Å². The monoisotopic (exact) mass is 381 g/mol. The third-order valence-electron chi connectivity index (χ3n) is 3.76. The zero-order valence-electron chi connectivity index (χ0n) is 13.0. The number of amides is 1. The molecule has 2 nitrogen and oxygen atoms in total. The van der Waals surface area contributed by atoms with Gasteiger partial charge in [-0.2, -0.15) is 13.2 Å². The van der Waals surface area contributed by atoms with Gasteiger partial charge in [0.25, 0.3) is 0 Å². The summed E-state index contributed by atoms with van der Waals surface area (Å²) < 4.78 is 51.6. The molecule has 1 aromatic carbocycles. The fraction of sp³-hybridized carbons (Fsp3) is 0.562. The summed E-state index contributed by atoms with van der Waals surface area (Å²) in [5.74, 6) is -0.0454. The van der Waals surface area contributed by atoms with E-state index in [4.69, 9.17) is 0 Å². The van der Waals surface area contributed by atoms with Crippen molar-refractivity contribution in [2.75, 3.05) is 5.75 Å². The predicted molar refractivity (Wildman–Crippen MR) is 90.2 cm³/mol. The fourth-order valence-electron chi connectivity index (χ4n) is 2.47. The highest BCUT2D eigenvalue weighted by Crippen LogP contribution is 2.39. The van der Waals surface area contributed by atoms with Gasteiger partial charge in [-0.25, -0.2) is 4.39 Å². The number of alkyl halides is 3. The molecule has 1 aromatic rings. The van der Waals surface area contributed by atoms with Gasteiger partial charge in [0, 0.05) is 24.0 Å². The molecule has 1 amide bonds. The molecule has 1 atom stereocenters. The number of carbonyl (C=O) groups excluding carboxylic acids is 1. The molecule has 1 heterocycles. The molecular formula is C16H19F4NOS2. The number of nitrogens with one attached hydrogen (secondary N) is 1. The number of unbranched alkanes of at least 4 members (excludes halogenated alkanes) is 1. The summed E-state index contributed by atoms with van der Waals surface area (Å²) >= 11 is 0. The lowest BCUT2D eigenvalue weighted by molar-refractivity contribution is -0.138. The van der Waals surface area contributed by atoms with Crippen molar-refractivity contribution in [1.29, 1.82) is 0 Å². The van der Waals surface area contributed by atoms with Gasteiger partial charge in [0.1, 0.15) is 5.82 Å². The molecule has 0 saturated carbocycles. The van der Waals surface area contributed by atoms with Crippen molar-refractivity contribution in [3.05, 3.63) is 35.1 Å². The van der Waals surface area contributed by atoms with E-state index in [1.165, 1.54) is 12.2 Å². The molecule has 1 N–H and O–H groups in total. The minimum atomic E-state index is -4.64. The molecule has 0 aliphatic carbocycles. The maximum absolute atomic E-state index is 13.0. The molecule has 1 aliphatic heterocycles. The Balaban J connectivity index is 1.75. The molecule has 1 saturated heterocycles. The Bertz CT molecular complexity index is 559. The van der Waals surface area contributed by atoms with Crippen LogP contribution in [0.15, 0.2) is 18.2 Å². The van der Waals surface area contributed by atoms with Crippen molar-refractivity contribution >= 4 is 27.5 Å². The number of rotatable bonds is 7. The van der Waals surface area contributed by atoms with Crippen molar-refractivity contribution in [2.45, 2.75) is 50.1 Å². The summed E-state index contributed by atoms with van der Waals surface area (Å²) in [6.45, 7) is -0.247. The lowest BCUT2D eigenvalue weighted by Crippen LogP contribution is -2.24. The Labute approximate surface area is 146 Å². The molecule has 2 rings (SSSR count). The second-order valence-electron chi connectivity index (χ2n) is 5.65. The molecule has 0 bridgehead atoms. The van der Waals surface area contributed by atoms with Crippen LogP contribution in [-0.4, -0.2) is 16.9 Å². The first kappa shape index (κ1) is 19.4. The van der Waals surface area contributed by atoms with Crippen molar-refractivity contribution in [3.8, 4) is 0 Å². The second kappa shape index (κ2) is 8.99. The van der Waals surface area contributed by atoms with Crippen molar-refractivity contribution < 1.29 is 22.4 Å². The normalized spacial score (nSPS) is 17.9. The third kappa shape index (κ3) is 6.20. The Morgan fingerprint density at radius 3 is 2.75 bits per heavy atom. The second-order valence-corrected chi connectivity index (χ2v) is 8.44. The van der Waals surface area contributed by atoms with Gasteiger partial charge in [-0.1, -0.05) is 34.1 Å². The fourth-order valence-corrected chi connectivity index (χ4v) is 5.50. The van der Waals surface area contributed by atoms with E-state index < -0.39 is 17.6 Å². The maximum Gasteiger partial charge on any atom is 0.416 e. The van der Waals surface area contributed by atoms with E-state index in [2.05, 4.69) is 5.32 Å². The van der Waals surface area contributed by atoms with Crippen LogP contribution in [0.5, 0.6) is 0 Å². The van der Waals surface area contributed by atoms with Gasteiger partial charge in [-0.15, -0.1) is 0 Å². The molecule has 8 heteroatoms. The van der Waals surface area contributed by atoms with E-state index in [0.717, 1.165) is 31.4 Å². The van der Waals surface area contributed by atoms with E-state index in [9.17, 15) is 22.4 Å². The highest BCUT2D eigenvalue weighted by Gasteiger charge is 2.33. The van der Waals surface area contributed by atoms with Crippen LogP contribution in [0.1, 0.15) is 43.2 Å². The summed E-state index contributed by atoms with van der Waals surface area (Å²) in [6.07, 6.45) is -0.404. The Kier molecular flexibility index (Phi) is 7.28. The van der Waals surface area contributed by atoms with Crippen molar-refractivity contribution in [1.82, 2.24) is 5.32 Å². The smallest absolute Gasteiger partial charge is 0.352 e. The van der Waals surface area contributed by atoms with Crippen LogP contribution >= 0.6 is 21.6 Å². The number of benzene rings is 1. The average molecular weight is 381 g/mol. The molecule has 0 aromatic heterocycles. The highest BCUT2D eigenvalue weighted by atomic mass is 33.1. The lowest BCUT2D eigenvalue weighted by Gasteiger charge is -2.13. The van der Waals surface area contributed by atoms with Crippen LogP contribution in [0.3, 0.4) is 0 Å². The van der Waals surface area contributed by atoms with E-state index in [1.54, 1.807) is 0 Å². The molecular weight excluding hydrogens is 362 g/mol. The summed E-state index contributed by atoms with van der Waals surface area (Å²) in [5.41, 5.74) is -1.17.